The molecule has 9 heteroatoms. The Labute approximate surface area is 118 Å². The van der Waals surface area contributed by atoms with Crippen molar-refractivity contribution < 1.29 is 14.7 Å². The molecule has 2 heterocycles. The van der Waals surface area contributed by atoms with Crippen molar-refractivity contribution in [2.75, 3.05) is 6.54 Å². The number of amides is 1. The van der Waals surface area contributed by atoms with E-state index in [-0.39, 0.29) is 18.1 Å². The molecular formula is C11H10ClN5O3. The number of nitrogens with zero attached hydrogens (tertiary/aromatic N) is 4. The van der Waals surface area contributed by atoms with Crippen LogP contribution in [0.3, 0.4) is 0 Å². The monoisotopic (exact) mass is 295 g/mol. The second kappa shape index (κ2) is 6.11. The van der Waals surface area contributed by atoms with Crippen molar-refractivity contribution in [3.63, 3.8) is 0 Å². The molecule has 0 aliphatic rings. The number of nitrogens with one attached hydrogen (secondary N) is 1. The van der Waals surface area contributed by atoms with E-state index >= 15 is 0 Å². The Hall–Kier alpha value is -2.48. The third-order valence-electron chi connectivity index (χ3n) is 2.37. The molecule has 104 valence electrons. The third kappa shape index (κ3) is 3.51. The highest BCUT2D eigenvalue weighted by Gasteiger charge is 2.09. The number of aromatic nitrogens is 4. The summed E-state index contributed by atoms with van der Waals surface area (Å²) in [6.45, 7) is 0.594. The Bertz CT molecular complexity index is 625. The molecule has 2 N–H and O–H groups in total. The summed E-state index contributed by atoms with van der Waals surface area (Å²) < 4.78 is 1.34. The van der Waals surface area contributed by atoms with Crippen LogP contribution in [-0.2, 0) is 6.54 Å². The van der Waals surface area contributed by atoms with Crippen LogP contribution in [0.15, 0.2) is 24.5 Å². The van der Waals surface area contributed by atoms with Gasteiger partial charge in [-0.05, 0) is 12.1 Å². The molecule has 0 atom stereocenters. The summed E-state index contributed by atoms with van der Waals surface area (Å²) in [6.07, 6.45) is 2.66. The first-order valence-electron chi connectivity index (χ1n) is 5.59. The Morgan fingerprint density at radius 1 is 1.40 bits per heavy atom. The number of carboxylic acid groups (broad SMARTS) is 1. The molecule has 2 aromatic heterocycles. The molecule has 0 aliphatic carbocycles. The van der Waals surface area contributed by atoms with E-state index in [4.69, 9.17) is 16.7 Å². The van der Waals surface area contributed by atoms with Crippen LogP contribution in [0.1, 0.15) is 20.8 Å². The lowest BCUT2D eigenvalue weighted by atomic mass is 10.3. The summed E-state index contributed by atoms with van der Waals surface area (Å²) in [6, 6.07) is 3.08. The minimum Gasteiger partial charge on any atom is -0.476 e. The fourth-order valence-corrected chi connectivity index (χ4v) is 1.51. The third-order valence-corrected chi connectivity index (χ3v) is 2.60. The quantitative estimate of drug-likeness (QED) is 0.775. The van der Waals surface area contributed by atoms with Crippen molar-refractivity contribution in [2.24, 2.45) is 0 Å². The summed E-state index contributed by atoms with van der Waals surface area (Å²) in [5, 5.41) is 18.7. The van der Waals surface area contributed by atoms with Crippen molar-refractivity contribution in [2.45, 2.75) is 6.54 Å². The SMILES string of the molecule is O=C(NCCn1cc(C(=O)O)nn1)c1ccc(Cl)nc1. The molecule has 0 saturated carbocycles. The van der Waals surface area contributed by atoms with E-state index in [1.54, 1.807) is 6.07 Å². The molecule has 0 aromatic carbocycles. The molecule has 0 fully saturated rings. The van der Waals surface area contributed by atoms with Crippen LogP contribution < -0.4 is 5.32 Å². The number of carboxylic acids is 1. The van der Waals surface area contributed by atoms with Gasteiger partial charge in [-0.1, -0.05) is 16.8 Å². The largest absolute Gasteiger partial charge is 0.476 e. The van der Waals surface area contributed by atoms with Crippen LogP contribution in [0, 0.1) is 0 Å². The molecule has 8 nitrogen and oxygen atoms in total. The maximum atomic E-state index is 11.7. The fourth-order valence-electron chi connectivity index (χ4n) is 1.40. The lowest BCUT2D eigenvalue weighted by Gasteiger charge is -2.04. The first-order valence-corrected chi connectivity index (χ1v) is 5.97. The van der Waals surface area contributed by atoms with E-state index in [1.807, 2.05) is 0 Å². The average Bonchev–Trinajstić information content (AvgIpc) is 2.88. The van der Waals surface area contributed by atoms with Crippen LogP contribution in [0.25, 0.3) is 0 Å². The summed E-state index contributed by atoms with van der Waals surface area (Å²) in [7, 11) is 0. The lowest BCUT2D eigenvalue weighted by Crippen LogP contribution is -2.27. The van der Waals surface area contributed by atoms with Gasteiger partial charge in [-0.3, -0.25) is 4.79 Å². The number of hydrogen-bond donors (Lipinski definition) is 2. The van der Waals surface area contributed by atoms with Crippen molar-refractivity contribution in [3.05, 3.63) is 40.9 Å². The summed E-state index contributed by atoms with van der Waals surface area (Å²) in [5.74, 6) is -1.44. The van der Waals surface area contributed by atoms with Crippen molar-refractivity contribution in [1.82, 2.24) is 25.3 Å². The molecule has 0 unspecified atom stereocenters. The predicted molar refractivity (Wildman–Crippen MR) is 68.6 cm³/mol. The molecule has 0 saturated heterocycles. The Morgan fingerprint density at radius 2 is 2.20 bits per heavy atom. The van der Waals surface area contributed by atoms with Gasteiger partial charge in [-0.25, -0.2) is 14.5 Å². The van der Waals surface area contributed by atoms with Crippen molar-refractivity contribution >= 4 is 23.5 Å². The molecule has 1 amide bonds. The van der Waals surface area contributed by atoms with Crippen molar-refractivity contribution in [3.8, 4) is 0 Å². The second-order valence-corrected chi connectivity index (χ2v) is 4.18. The minimum absolute atomic E-state index is 0.141. The number of carbonyl (C=O) groups excluding carboxylic acids is 1. The summed E-state index contributed by atoms with van der Waals surface area (Å²) >= 11 is 5.62. The number of pyridine rings is 1. The normalized spacial score (nSPS) is 10.2. The lowest BCUT2D eigenvalue weighted by molar-refractivity contribution is 0.0690. The molecule has 2 rings (SSSR count). The average molecular weight is 296 g/mol. The Kier molecular flexibility index (Phi) is 4.26. The standard InChI is InChI=1S/C11H10ClN5O3/c12-9-2-1-7(5-14-9)10(18)13-3-4-17-6-8(11(19)20)15-16-17/h1-2,5-6H,3-4H2,(H,13,18)(H,19,20). The first kappa shape index (κ1) is 13.9. The first-order chi connectivity index (χ1) is 9.56. The second-order valence-electron chi connectivity index (χ2n) is 3.80. The van der Waals surface area contributed by atoms with Gasteiger partial charge in [0, 0.05) is 12.7 Å². The van der Waals surface area contributed by atoms with Crippen molar-refractivity contribution in [1.29, 1.82) is 0 Å². The van der Waals surface area contributed by atoms with Gasteiger partial charge in [0.05, 0.1) is 18.3 Å². The number of hydrogen-bond acceptors (Lipinski definition) is 5. The zero-order chi connectivity index (χ0) is 14.5. The molecule has 2 aromatic rings. The van der Waals surface area contributed by atoms with E-state index in [2.05, 4.69) is 20.6 Å². The fraction of sp³-hybridized carbons (Fsp3) is 0.182. The highest BCUT2D eigenvalue weighted by Crippen LogP contribution is 2.04. The van der Waals surface area contributed by atoms with E-state index in [0.717, 1.165) is 0 Å². The van der Waals surface area contributed by atoms with E-state index in [1.165, 1.54) is 23.1 Å². The number of rotatable bonds is 5. The minimum atomic E-state index is -1.15. The maximum absolute atomic E-state index is 11.7. The van der Waals surface area contributed by atoms with E-state index < -0.39 is 5.97 Å². The molecule has 0 spiro atoms. The highest BCUT2D eigenvalue weighted by molar-refractivity contribution is 6.29. The molecule has 0 radical (unpaired) electrons. The van der Waals surface area contributed by atoms with Gasteiger partial charge in [0.1, 0.15) is 5.15 Å². The van der Waals surface area contributed by atoms with Gasteiger partial charge >= 0.3 is 5.97 Å². The van der Waals surface area contributed by atoms with Gasteiger partial charge in [-0.15, -0.1) is 5.10 Å². The Morgan fingerprint density at radius 3 is 2.80 bits per heavy atom. The van der Waals surface area contributed by atoms with Crippen LogP contribution >= 0.6 is 11.6 Å². The maximum Gasteiger partial charge on any atom is 0.358 e. The summed E-state index contributed by atoms with van der Waals surface area (Å²) in [5.41, 5.74) is 0.248. The zero-order valence-corrected chi connectivity index (χ0v) is 10.9. The number of aromatic carboxylic acids is 1. The van der Waals surface area contributed by atoms with Crippen LogP contribution in [0.4, 0.5) is 0 Å². The summed E-state index contributed by atoms with van der Waals surface area (Å²) in [4.78, 5) is 26.1. The molecule has 0 bridgehead atoms. The predicted octanol–water partition coefficient (Wildman–Crippen LogP) is 0.455. The molecule has 20 heavy (non-hydrogen) atoms. The van der Waals surface area contributed by atoms with Crippen LogP contribution in [0.2, 0.25) is 5.15 Å². The molecule has 0 aliphatic heterocycles. The van der Waals surface area contributed by atoms with Gasteiger partial charge in [-0.2, -0.15) is 0 Å². The van der Waals surface area contributed by atoms with Gasteiger partial charge < -0.3 is 10.4 Å². The van der Waals surface area contributed by atoms with Crippen LogP contribution in [0.5, 0.6) is 0 Å². The Balaban J connectivity index is 1.84. The zero-order valence-electron chi connectivity index (χ0n) is 10.2. The van der Waals surface area contributed by atoms with Gasteiger partial charge in [0.15, 0.2) is 5.69 Å². The number of carbonyl (C=O) groups is 2. The van der Waals surface area contributed by atoms with E-state index in [9.17, 15) is 9.59 Å². The van der Waals surface area contributed by atoms with Gasteiger partial charge in [0.25, 0.3) is 5.91 Å². The molecular weight excluding hydrogens is 286 g/mol. The highest BCUT2D eigenvalue weighted by atomic mass is 35.5. The van der Waals surface area contributed by atoms with Gasteiger partial charge in [0.2, 0.25) is 0 Å². The topological polar surface area (TPSA) is 110 Å². The number of halogens is 1. The van der Waals surface area contributed by atoms with Crippen LogP contribution in [-0.4, -0.2) is 43.5 Å². The van der Waals surface area contributed by atoms with E-state index in [0.29, 0.717) is 17.3 Å². The smallest absolute Gasteiger partial charge is 0.358 e.